The fourth-order valence-corrected chi connectivity index (χ4v) is 1.39. The molecule has 1 heterocycles. The summed E-state index contributed by atoms with van der Waals surface area (Å²) >= 11 is 0. The predicted octanol–water partition coefficient (Wildman–Crippen LogP) is 1.61. The Kier molecular flexibility index (Phi) is 0.702. The van der Waals surface area contributed by atoms with Crippen molar-refractivity contribution in [2.75, 3.05) is 6.61 Å². The van der Waals surface area contributed by atoms with Crippen LogP contribution in [0.15, 0.2) is 18.2 Å². The van der Waals surface area contributed by atoms with Crippen molar-refractivity contribution < 1.29 is 4.74 Å². The van der Waals surface area contributed by atoms with E-state index in [0.717, 1.165) is 13.0 Å². The fourth-order valence-electron chi connectivity index (χ4n) is 1.39. The maximum atomic E-state index is 5.13. The van der Waals surface area contributed by atoms with Crippen LogP contribution in [0.2, 0.25) is 0 Å². The van der Waals surface area contributed by atoms with E-state index < -0.39 is 0 Å². The molecule has 1 atom stereocenters. The minimum Gasteiger partial charge on any atom is -0.373 e. The third-order valence-electron chi connectivity index (χ3n) is 2.11. The summed E-state index contributed by atoms with van der Waals surface area (Å²) in [4.78, 5) is 0. The minimum absolute atomic E-state index is 0.543. The Balaban J connectivity index is 1.83. The van der Waals surface area contributed by atoms with Crippen molar-refractivity contribution in [1.29, 1.82) is 0 Å². The van der Waals surface area contributed by atoms with E-state index >= 15 is 0 Å². The molecule has 1 aliphatic heterocycles. The van der Waals surface area contributed by atoms with Crippen LogP contribution < -0.4 is 0 Å². The molecule has 0 spiro atoms. The van der Waals surface area contributed by atoms with Crippen molar-refractivity contribution in [2.45, 2.75) is 12.5 Å². The molecule has 1 unspecified atom stereocenters. The Morgan fingerprint density at radius 3 is 2.60 bits per heavy atom. The lowest BCUT2D eigenvalue weighted by atomic mass is 10.2. The number of hydrogen-bond donors (Lipinski definition) is 0. The first-order valence-corrected chi connectivity index (χ1v) is 3.68. The van der Waals surface area contributed by atoms with Crippen LogP contribution in [0.4, 0.5) is 0 Å². The van der Waals surface area contributed by atoms with E-state index in [1.807, 2.05) is 0 Å². The molecule has 1 heteroatoms. The summed E-state index contributed by atoms with van der Waals surface area (Å²) in [6, 6.07) is 6.73. The van der Waals surface area contributed by atoms with Crippen molar-refractivity contribution in [3.05, 3.63) is 23.8 Å². The molecule has 10 heavy (non-hydrogen) atoms. The predicted molar refractivity (Wildman–Crippen MR) is 38.9 cm³/mol. The van der Waals surface area contributed by atoms with Crippen molar-refractivity contribution in [3.8, 4) is 11.1 Å². The van der Waals surface area contributed by atoms with E-state index in [-0.39, 0.29) is 0 Å². The molecule has 0 aromatic heterocycles. The molecule has 50 valence electrons. The Morgan fingerprint density at radius 2 is 2.00 bits per heavy atom. The largest absolute Gasteiger partial charge is 0.373 e. The highest BCUT2D eigenvalue weighted by Gasteiger charge is 2.24. The number of hydrogen-bond acceptors (Lipinski definition) is 1. The van der Waals surface area contributed by atoms with Crippen molar-refractivity contribution in [2.24, 2.45) is 0 Å². The van der Waals surface area contributed by atoms with Crippen LogP contribution in [-0.4, -0.2) is 12.7 Å². The summed E-state index contributed by atoms with van der Waals surface area (Å²) in [7, 11) is 0. The van der Waals surface area contributed by atoms with Gasteiger partial charge in [0.1, 0.15) is 0 Å². The summed E-state index contributed by atoms with van der Waals surface area (Å²) in [6.45, 7) is 0.972. The highest BCUT2D eigenvalue weighted by Crippen LogP contribution is 2.37. The molecule has 1 nitrogen and oxygen atoms in total. The summed E-state index contributed by atoms with van der Waals surface area (Å²) in [6.07, 6.45) is 1.67. The van der Waals surface area contributed by atoms with Crippen molar-refractivity contribution in [1.82, 2.24) is 0 Å². The second-order valence-electron chi connectivity index (χ2n) is 3.08. The number of epoxide rings is 1. The Labute approximate surface area is 59.6 Å². The summed E-state index contributed by atoms with van der Waals surface area (Å²) in [5.74, 6) is 0. The first-order valence-electron chi connectivity index (χ1n) is 3.68. The SMILES string of the molecule is c1c(CC2CO2)cc2cc1-2. The van der Waals surface area contributed by atoms with E-state index in [1.54, 1.807) is 0 Å². The van der Waals surface area contributed by atoms with Gasteiger partial charge in [0.15, 0.2) is 0 Å². The molecule has 1 saturated heterocycles. The zero-order valence-corrected chi connectivity index (χ0v) is 5.63. The van der Waals surface area contributed by atoms with Gasteiger partial charge in [0.25, 0.3) is 0 Å². The van der Waals surface area contributed by atoms with Gasteiger partial charge in [-0.05, 0) is 22.8 Å². The Hall–Kier alpha value is -0.820. The second-order valence-corrected chi connectivity index (χ2v) is 3.08. The monoisotopic (exact) mass is 132 g/mol. The number of fused-ring (bicyclic) bond motifs is 1. The van der Waals surface area contributed by atoms with Gasteiger partial charge in [-0.3, -0.25) is 0 Å². The van der Waals surface area contributed by atoms with Gasteiger partial charge in [0, 0.05) is 6.42 Å². The van der Waals surface area contributed by atoms with Crippen LogP contribution in [0, 0.1) is 0 Å². The zero-order valence-electron chi connectivity index (χ0n) is 5.63. The molecule has 3 aliphatic rings. The van der Waals surface area contributed by atoms with Gasteiger partial charge in [-0.15, -0.1) is 0 Å². The normalized spacial score (nSPS) is 24.6. The Bertz CT molecular complexity index is 267. The topological polar surface area (TPSA) is 12.5 Å². The van der Waals surface area contributed by atoms with E-state index in [4.69, 9.17) is 4.74 Å². The van der Waals surface area contributed by atoms with Crippen LogP contribution in [0.3, 0.4) is 0 Å². The van der Waals surface area contributed by atoms with Crippen LogP contribution in [-0.2, 0) is 11.2 Å². The lowest BCUT2D eigenvalue weighted by molar-refractivity contribution is 0.408. The molecule has 0 radical (unpaired) electrons. The molecule has 0 aromatic rings. The zero-order chi connectivity index (χ0) is 6.55. The quantitative estimate of drug-likeness (QED) is 0.565. The second kappa shape index (κ2) is 1.43. The van der Waals surface area contributed by atoms with Gasteiger partial charge < -0.3 is 4.74 Å². The van der Waals surface area contributed by atoms with Crippen LogP contribution in [0.25, 0.3) is 11.1 Å². The van der Waals surface area contributed by atoms with Gasteiger partial charge in [-0.1, -0.05) is 12.1 Å². The van der Waals surface area contributed by atoms with Gasteiger partial charge in [0.05, 0.1) is 12.7 Å². The van der Waals surface area contributed by atoms with Crippen LogP contribution in [0.5, 0.6) is 0 Å². The molecular formula is C9H8O. The average molecular weight is 132 g/mol. The van der Waals surface area contributed by atoms with Crippen LogP contribution in [0.1, 0.15) is 5.56 Å². The molecule has 3 rings (SSSR count). The standard InChI is InChI=1S/C9H8O/c1-6(3-9-5-10-9)2-8-4-7(1)8/h1-2,4,9H,3,5H2. The number of rotatable bonds is 2. The molecule has 0 amide bonds. The van der Waals surface area contributed by atoms with E-state index in [9.17, 15) is 0 Å². The highest BCUT2D eigenvalue weighted by atomic mass is 16.6. The lowest BCUT2D eigenvalue weighted by Crippen LogP contribution is -1.89. The minimum atomic E-state index is 0.543. The van der Waals surface area contributed by atoms with Gasteiger partial charge in [0.2, 0.25) is 0 Å². The van der Waals surface area contributed by atoms with E-state index in [2.05, 4.69) is 18.2 Å². The van der Waals surface area contributed by atoms with E-state index in [1.165, 1.54) is 16.7 Å². The maximum absolute atomic E-state index is 5.13. The molecule has 0 N–H and O–H groups in total. The highest BCUT2D eigenvalue weighted by molar-refractivity contribution is 5.82. The number of ether oxygens (including phenoxy) is 1. The third-order valence-corrected chi connectivity index (χ3v) is 2.11. The molecule has 0 aromatic carbocycles. The van der Waals surface area contributed by atoms with Crippen LogP contribution >= 0.6 is 0 Å². The fraction of sp³-hybridized carbons (Fsp3) is 0.333. The first kappa shape index (κ1) is 4.91. The summed E-state index contributed by atoms with van der Waals surface area (Å²) < 4.78 is 5.13. The van der Waals surface area contributed by atoms with Crippen molar-refractivity contribution in [3.63, 3.8) is 0 Å². The molecule has 0 bridgehead atoms. The molecule has 1 fully saturated rings. The number of benzene rings is 1. The van der Waals surface area contributed by atoms with Crippen molar-refractivity contribution >= 4 is 0 Å². The smallest absolute Gasteiger partial charge is 0.0850 e. The molecule has 2 aliphatic carbocycles. The average Bonchev–Trinajstić information content (AvgIpc) is 2.78. The van der Waals surface area contributed by atoms with Gasteiger partial charge >= 0.3 is 0 Å². The first-order chi connectivity index (χ1) is 4.92. The maximum Gasteiger partial charge on any atom is 0.0850 e. The van der Waals surface area contributed by atoms with E-state index in [0.29, 0.717) is 6.10 Å². The summed E-state index contributed by atoms with van der Waals surface area (Å²) in [5, 5.41) is 0. The summed E-state index contributed by atoms with van der Waals surface area (Å²) in [5.41, 5.74) is 4.33. The molecule has 0 saturated carbocycles. The van der Waals surface area contributed by atoms with Gasteiger partial charge in [-0.25, -0.2) is 0 Å². The third kappa shape index (κ3) is 0.673. The lowest BCUT2D eigenvalue weighted by Gasteiger charge is -1.88. The Morgan fingerprint density at radius 1 is 1.30 bits per heavy atom. The molecular weight excluding hydrogens is 124 g/mol. The van der Waals surface area contributed by atoms with Gasteiger partial charge in [-0.2, -0.15) is 0 Å².